The predicted octanol–water partition coefficient (Wildman–Crippen LogP) is 2.91. The highest BCUT2D eigenvalue weighted by atomic mass is 16.5. The molecule has 0 saturated heterocycles. The molecule has 0 aromatic carbocycles. The second kappa shape index (κ2) is 7.00. The monoisotopic (exact) mass is 242 g/mol. The molecule has 3 nitrogen and oxygen atoms in total. The molecule has 0 aliphatic heterocycles. The number of aliphatic hydroxyl groups is 1. The van der Waals surface area contributed by atoms with Crippen LogP contribution in [0.25, 0.3) is 0 Å². The zero-order chi connectivity index (χ0) is 12.7. The molecule has 100 valence electrons. The Morgan fingerprint density at radius 1 is 1.29 bits per heavy atom. The van der Waals surface area contributed by atoms with E-state index in [9.17, 15) is 4.79 Å². The topological polar surface area (TPSA) is 46.5 Å². The van der Waals surface area contributed by atoms with Gasteiger partial charge < -0.3 is 9.84 Å². The van der Waals surface area contributed by atoms with Crippen molar-refractivity contribution >= 4 is 5.97 Å². The normalized spacial score (nSPS) is 21.6. The Morgan fingerprint density at radius 3 is 2.35 bits per heavy atom. The van der Waals surface area contributed by atoms with E-state index in [2.05, 4.69) is 13.8 Å². The Hall–Kier alpha value is -0.570. The summed E-state index contributed by atoms with van der Waals surface area (Å²) < 4.78 is 5.22. The molecule has 0 spiro atoms. The van der Waals surface area contributed by atoms with E-state index in [1.54, 1.807) is 0 Å². The lowest BCUT2D eigenvalue weighted by Gasteiger charge is -2.35. The minimum Gasteiger partial charge on any atom is -0.463 e. The summed E-state index contributed by atoms with van der Waals surface area (Å²) in [6.45, 7) is 4.35. The average molecular weight is 242 g/mol. The van der Waals surface area contributed by atoms with E-state index in [1.165, 1.54) is 12.8 Å². The third-order valence-electron chi connectivity index (χ3n) is 4.28. The number of rotatable bonds is 5. The molecule has 1 N–H and O–H groups in total. The largest absolute Gasteiger partial charge is 0.463 e. The Bertz CT molecular complexity index is 230. The molecule has 0 radical (unpaired) electrons. The van der Waals surface area contributed by atoms with E-state index in [0.29, 0.717) is 5.92 Å². The smallest absolute Gasteiger partial charge is 0.312 e. The van der Waals surface area contributed by atoms with Crippen molar-refractivity contribution < 1.29 is 14.6 Å². The van der Waals surface area contributed by atoms with Crippen molar-refractivity contribution in [2.45, 2.75) is 58.8 Å². The van der Waals surface area contributed by atoms with Crippen molar-refractivity contribution in [3.05, 3.63) is 0 Å². The van der Waals surface area contributed by atoms with E-state index in [0.717, 1.165) is 32.1 Å². The van der Waals surface area contributed by atoms with Crippen LogP contribution in [0.1, 0.15) is 58.8 Å². The molecule has 1 unspecified atom stereocenters. The summed E-state index contributed by atoms with van der Waals surface area (Å²) in [5, 5.41) is 8.77. The van der Waals surface area contributed by atoms with Crippen LogP contribution in [0.4, 0.5) is 0 Å². The van der Waals surface area contributed by atoms with Crippen molar-refractivity contribution in [2.75, 3.05) is 13.2 Å². The number of ether oxygens (including phenoxy) is 1. The van der Waals surface area contributed by atoms with Crippen molar-refractivity contribution in [3.8, 4) is 0 Å². The van der Waals surface area contributed by atoms with Crippen LogP contribution in [0.2, 0.25) is 0 Å². The number of carbonyl (C=O) groups excluding carboxylic acids is 1. The highest BCUT2D eigenvalue weighted by Crippen LogP contribution is 2.43. The molecule has 1 rings (SSSR count). The van der Waals surface area contributed by atoms with Crippen LogP contribution in [-0.4, -0.2) is 24.3 Å². The van der Waals surface area contributed by atoms with Crippen molar-refractivity contribution in [1.82, 2.24) is 0 Å². The van der Waals surface area contributed by atoms with Gasteiger partial charge in [-0.1, -0.05) is 46.0 Å². The number of hydrogen-bond donors (Lipinski definition) is 1. The number of hydrogen-bond acceptors (Lipinski definition) is 3. The average Bonchev–Trinajstić information content (AvgIpc) is 2.61. The molecule has 0 aromatic rings. The molecule has 1 aliphatic carbocycles. The molecule has 3 heteroatoms. The second-order valence-electron chi connectivity index (χ2n) is 5.24. The Morgan fingerprint density at radius 2 is 1.88 bits per heavy atom. The minimum atomic E-state index is -0.291. The van der Waals surface area contributed by atoms with E-state index in [-0.39, 0.29) is 24.6 Å². The van der Waals surface area contributed by atoms with Crippen LogP contribution >= 0.6 is 0 Å². The van der Waals surface area contributed by atoms with Crippen LogP contribution in [0.5, 0.6) is 0 Å². The van der Waals surface area contributed by atoms with Crippen LogP contribution in [-0.2, 0) is 9.53 Å². The van der Waals surface area contributed by atoms with Gasteiger partial charge in [0.05, 0.1) is 12.0 Å². The first-order valence-electron chi connectivity index (χ1n) is 6.95. The highest BCUT2D eigenvalue weighted by Gasteiger charge is 2.43. The molecular weight excluding hydrogens is 216 g/mol. The first-order valence-corrected chi connectivity index (χ1v) is 6.95. The van der Waals surface area contributed by atoms with Gasteiger partial charge in [0.25, 0.3) is 0 Å². The van der Waals surface area contributed by atoms with Crippen LogP contribution < -0.4 is 0 Å². The predicted molar refractivity (Wildman–Crippen MR) is 67.6 cm³/mol. The summed E-state index contributed by atoms with van der Waals surface area (Å²) in [5.74, 6) is 0.287. The quantitative estimate of drug-likeness (QED) is 0.595. The van der Waals surface area contributed by atoms with Crippen molar-refractivity contribution in [2.24, 2.45) is 11.3 Å². The Labute approximate surface area is 105 Å². The maximum Gasteiger partial charge on any atom is 0.312 e. The zero-order valence-electron chi connectivity index (χ0n) is 11.2. The molecule has 0 aromatic heterocycles. The molecule has 17 heavy (non-hydrogen) atoms. The first kappa shape index (κ1) is 14.5. The molecule has 1 atom stereocenters. The van der Waals surface area contributed by atoms with Gasteiger partial charge in [-0.15, -0.1) is 0 Å². The molecule has 0 heterocycles. The maximum absolute atomic E-state index is 12.3. The third kappa shape index (κ3) is 3.44. The lowest BCUT2D eigenvalue weighted by atomic mass is 9.69. The highest BCUT2D eigenvalue weighted by molar-refractivity contribution is 5.77. The molecule has 0 amide bonds. The summed E-state index contributed by atoms with van der Waals surface area (Å²) in [7, 11) is 0. The first-order chi connectivity index (χ1) is 8.17. The summed E-state index contributed by atoms with van der Waals surface area (Å²) >= 11 is 0. The summed E-state index contributed by atoms with van der Waals surface area (Å²) in [6, 6.07) is 0. The molecular formula is C14H26O3. The van der Waals surface area contributed by atoms with Gasteiger partial charge in [0, 0.05) is 0 Å². The van der Waals surface area contributed by atoms with Gasteiger partial charge in [-0.3, -0.25) is 4.79 Å². The fourth-order valence-electron chi connectivity index (χ4n) is 2.93. The second-order valence-corrected chi connectivity index (χ2v) is 5.24. The molecule has 1 saturated carbocycles. The van der Waals surface area contributed by atoms with Gasteiger partial charge in [0.2, 0.25) is 0 Å². The van der Waals surface area contributed by atoms with Crippen molar-refractivity contribution in [1.29, 1.82) is 0 Å². The summed E-state index contributed by atoms with van der Waals surface area (Å²) in [4.78, 5) is 12.3. The van der Waals surface area contributed by atoms with Crippen LogP contribution in [0, 0.1) is 11.3 Å². The van der Waals surface area contributed by atoms with Gasteiger partial charge in [-0.05, 0) is 18.8 Å². The van der Waals surface area contributed by atoms with Crippen LogP contribution in [0.15, 0.2) is 0 Å². The van der Waals surface area contributed by atoms with E-state index < -0.39 is 0 Å². The van der Waals surface area contributed by atoms with Gasteiger partial charge in [-0.2, -0.15) is 0 Å². The maximum atomic E-state index is 12.3. The number of esters is 1. The Balaban J connectivity index is 2.79. The standard InChI is InChI=1S/C14H26O3/c1-3-12(2)14(13(16)17-11-10-15)8-6-4-5-7-9-14/h12,15H,3-11H2,1-2H3. The minimum absolute atomic E-state index is 0.0807. The molecule has 1 fully saturated rings. The lowest BCUT2D eigenvalue weighted by molar-refractivity contribution is -0.161. The van der Waals surface area contributed by atoms with E-state index >= 15 is 0 Å². The fourth-order valence-corrected chi connectivity index (χ4v) is 2.93. The SMILES string of the molecule is CCC(C)C1(C(=O)OCCO)CCCCCC1. The van der Waals surface area contributed by atoms with Gasteiger partial charge in [-0.25, -0.2) is 0 Å². The van der Waals surface area contributed by atoms with E-state index in [4.69, 9.17) is 9.84 Å². The van der Waals surface area contributed by atoms with Crippen LogP contribution in [0.3, 0.4) is 0 Å². The summed E-state index contributed by atoms with van der Waals surface area (Å²) in [6.07, 6.45) is 7.61. The Kier molecular flexibility index (Phi) is 5.96. The molecule has 1 aliphatic rings. The van der Waals surface area contributed by atoms with E-state index in [1.807, 2.05) is 0 Å². The fraction of sp³-hybridized carbons (Fsp3) is 0.929. The zero-order valence-corrected chi connectivity index (χ0v) is 11.2. The summed E-state index contributed by atoms with van der Waals surface area (Å²) in [5.41, 5.74) is -0.291. The lowest BCUT2D eigenvalue weighted by Crippen LogP contribution is -2.39. The number of aliphatic hydroxyl groups excluding tert-OH is 1. The molecule has 0 bridgehead atoms. The number of carbonyl (C=O) groups is 1. The van der Waals surface area contributed by atoms with Gasteiger partial charge in [0.1, 0.15) is 6.61 Å². The third-order valence-corrected chi connectivity index (χ3v) is 4.28. The van der Waals surface area contributed by atoms with Crippen molar-refractivity contribution in [3.63, 3.8) is 0 Å². The van der Waals surface area contributed by atoms with Gasteiger partial charge in [0.15, 0.2) is 0 Å². The van der Waals surface area contributed by atoms with Gasteiger partial charge >= 0.3 is 5.97 Å².